The summed E-state index contributed by atoms with van der Waals surface area (Å²) < 4.78 is 27.6. The van der Waals surface area contributed by atoms with Gasteiger partial charge >= 0.3 is 0 Å². The summed E-state index contributed by atoms with van der Waals surface area (Å²) in [5.74, 6) is -1.07. The Bertz CT molecular complexity index is 536. The number of hydrogen-bond donors (Lipinski definition) is 1. The van der Waals surface area contributed by atoms with Crippen molar-refractivity contribution in [3.8, 4) is 0 Å². The summed E-state index contributed by atoms with van der Waals surface area (Å²) >= 11 is 5.04. The fraction of sp³-hybridized carbons (Fsp3) is 0.286. The van der Waals surface area contributed by atoms with E-state index in [-0.39, 0.29) is 6.04 Å². The summed E-state index contributed by atoms with van der Waals surface area (Å²) in [5, 5.41) is 5.27. The molecular weight excluding hydrogens is 332 g/mol. The number of hydrogen-bond acceptors (Lipinski definition) is 2. The summed E-state index contributed by atoms with van der Waals surface area (Å²) in [4.78, 5) is 1.17. The highest BCUT2D eigenvalue weighted by molar-refractivity contribution is 9.10. The van der Waals surface area contributed by atoms with Gasteiger partial charge in [-0.1, -0.05) is 6.92 Å². The molecule has 0 aliphatic rings. The average Bonchev–Trinajstić information content (AvgIpc) is 2.73. The van der Waals surface area contributed by atoms with Gasteiger partial charge in [0.1, 0.15) is 11.6 Å². The zero-order valence-corrected chi connectivity index (χ0v) is 12.8. The summed E-state index contributed by atoms with van der Waals surface area (Å²) in [6, 6.07) is 5.62. The summed E-state index contributed by atoms with van der Waals surface area (Å²) in [6.45, 7) is 2.72. The van der Waals surface area contributed by atoms with E-state index in [1.165, 1.54) is 17.0 Å². The van der Waals surface area contributed by atoms with Crippen molar-refractivity contribution in [1.82, 2.24) is 5.32 Å². The van der Waals surface area contributed by atoms with Gasteiger partial charge < -0.3 is 5.32 Å². The number of thiophene rings is 1. The van der Waals surface area contributed by atoms with E-state index < -0.39 is 11.6 Å². The molecule has 102 valence electrons. The fourth-order valence-electron chi connectivity index (χ4n) is 1.99. The third-order valence-corrected chi connectivity index (χ3v) is 4.48. The molecule has 0 radical (unpaired) electrons. The Kier molecular flexibility index (Phi) is 5.07. The third-order valence-electron chi connectivity index (χ3n) is 2.76. The quantitative estimate of drug-likeness (QED) is 0.829. The molecule has 2 aromatic rings. The van der Waals surface area contributed by atoms with E-state index in [2.05, 4.69) is 21.2 Å². The van der Waals surface area contributed by atoms with Crippen LogP contribution in [0.15, 0.2) is 34.1 Å². The molecule has 1 N–H and O–H groups in total. The minimum absolute atomic E-state index is 0.0826. The topological polar surface area (TPSA) is 12.0 Å². The monoisotopic (exact) mass is 345 g/mol. The highest BCUT2D eigenvalue weighted by Crippen LogP contribution is 2.26. The Morgan fingerprint density at radius 2 is 1.89 bits per heavy atom. The second-order valence-corrected chi connectivity index (χ2v) is 6.16. The first kappa shape index (κ1) is 14.6. The van der Waals surface area contributed by atoms with Crippen LogP contribution < -0.4 is 5.32 Å². The summed E-state index contributed by atoms with van der Waals surface area (Å²) in [6.07, 6.45) is 0.715. The van der Waals surface area contributed by atoms with Crippen molar-refractivity contribution < 1.29 is 8.78 Å². The van der Waals surface area contributed by atoms with E-state index in [4.69, 9.17) is 0 Å². The van der Waals surface area contributed by atoms with Gasteiger partial charge in [0.05, 0.1) is 0 Å². The van der Waals surface area contributed by atoms with Gasteiger partial charge in [0.15, 0.2) is 0 Å². The Morgan fingerprint density at radius 3 is 2.42 bits per heavy atom. The number of benzene rings is 1. The van der Waals surface area contributed by atoms with Crippen molar-refractivity contribution >= 4 is 27.3 Å². The van der Waals surface area contributed by atoms with Gasteiger partial charge in [-0.3, -0.25) is 0 Å². The van der Waals surface area contributed by atoms with E-state index in [0.29, 0.717) is 12.0 Å². The minimum atomic E-state index is -0.537. The predicted molar refractivity (Wildman–Crippen MR) is 78.5 cm³/mol. The molecule has 2 rings (SSSR count). The summed E-state index contributed by atoms with van der Waals surface area (Å²) in [5.41, 5.74) is 0.642. The van der Waals surface area contributed by atoms with Gasteiger partial charge in [0.25, 0.3) is 0 Å². The van der Waals surface area contributed by atoms with Gasteiger partial charge in [-0.15, -0.1) is 11.3 Å². The maximum atomic E-state index is 13.3. The largest absolute Gasteiger partial charge is 0.310 e. The molecule has 0 fully saturated rings. The van der Waals surface area contributed by atoms with E-state index in [1.54, 1.807) is 11.3 Å². The molecule has 1 unspecified atom stereocenters. The molecule has 1 aromatic heterocycles. The molecule has 1 atom stereocenters. The lowest BCUT2D eigenvalue weighted by molar-refractivity contribution is 0.531. The van der Waals surface area contributed by atoms with Gasteiger partial charge in [0, 0.05) is 33.3 Å². The lowest BCUT2D eigenvalue weighted by Crippen LogP contribution is -2.23. The standard InChI is InChI=1S/C14H14BrF2NS/c1-2-18-14(7-13-5-10(15)8-19-13)9-3-11(16)6-12(17)4-9/h3-6,8,14,18H,2,7H2,1H3. The zero-order chi connectivity index (χ0) is 13.8. The van der Waals surface area contributed by atoms with Crippen LogP contribution in [0.5, 0.6) is 0 Å². The van der Waals surface area contributed by atoms with E-state index in [9.17, 15) is 8.78 Å². The molecule has 1 nitrogen and oxygen atoms in total. The molecular formula is C14H14BrF2NS. The van der Waals surface area contributed by atoms with Gasteiger partial charge in [-0.25, -0.2) is 8.78 Å². The maximum Gasteiger partial charge on any atom is 0.126 e. The molecule has 0 aliphatic heterocycles. The number of nitrogens with one attached hydrogen (secondary N) is 1. The van der Waals surface area contributed by atoms with E-state index in [1.807, 2.05) is 18.4 Å². The fourth-order valence-corrected chi connectivity index (χ4v) is 3.49. The first-order valence-electron chi connectivity index (χ1n) is 6.00. The lowest BCUT2D eigenvalue weighted by Gasteiger charge is -2.18. The van der Waals surface area contributed by atoms with Crippen LogP contribution in [0.25, 0.3) is 0 Å². The second-order valence-electron chi connectivity index (χ2n) is 4.25. The molecule has 5 heteroatoms. The number of halogens is 3. The smallest absolute Gasteiger partial charge is 0.126 e. The molecule has 19 heavy (non-hydrogen) atoms. The number of rotatable bonds is 5. The van der Waals surface area contributed by atoms with Crippen molar-refractivity contribution in [2.45, 2.75) is 19.4 Å². The molecule has 0 saturated heterocycles. The Labute approximate surface area is 123 Å². The van der Waals surface area contributed by atoms with Crippen LogP contribution in [0, 0.1) is 11.6 Å². The highest BCUT2D eigenvalue weighted by Gasteiger charge is 2.14. The first-order chi connectivity index (χ1) is 9.08. The van der Waals surface area contributed by atoms with E-state index >= 15 is 0 Å². The van der Waals surface area contributed by atoms with Crippen LogP contribution in [0.2, 0.25) is 0 Å². The van der Waals surface area contributed by atoms with Crippen LogP contribution >= 0.6 is 27.3 Å². The van der Waals surface area contributed by atoms with Crippen LogP contribution in [0.1, 0.15) is 23.4 Å². The highest BCUT2D eigenvalue weighted by atomic mass is 79.9. The second kappa shape index (κ2) is 6.59. The normalized spacial score (nSPS) is 12.6. The third kappa shape index (κ3) is 4.09. The molecule has 0 amide bonds. The van der Waals surface area contributed by atoms with Crippen LogP contribution in [-0.4, -0.2) is 6.54 Å². The van der Waals surface area contributed by atoms with Crippen molar-refractivity contribution in [1.29, 1.82) is 0 Å². The first-order valence-corrected chi connectivity index (χ1v) is 7.68. The molecule has 1 heterocycles. The molecule has 0 aliphatic carbocycles. The minimum Gasteiger partial charge on any atom is -0.310 e. The van der Waals surface area contributed by atoms with Crippen molar-refractivity contribution in [2.75, 3.05) is 6.54 Å². The van der Waals surface area contributed by atoms with Crippen molar-refractivity contribution in [3.05, 3.63) is 56.2 Å². The van der Waals surface area contributed by atoms with Crippen LogP contribution in [0.4, 0.5) is 8.78 Å². The predicted octanol–water partition coefficient (Wildman–Crippen LogP) is 4.68. The van der Waals surface area contributed by atoms with Crippen LogP contribution in [-0.2, 0) is 6.42 Å². The Morgan fingerprint density at radius 1 is 1.21 bits per heavy atom. The van der Waals surface area contributed by atoms with Gasteiger partial charge in [-0.2, -0.15) is 0 Å². The van der Waals surface area contributed by atoms with Crippen LogP contribution in [0.3, 0.4) is 0 Å². The Hall–Kier alpha value is -0.780. The van der Waals surface area contributed by atoms with Gasteiger partial charge in [-0.05, 0) is 46.2 Å². The molecule has 0 bridgehead atoms. The SMILES string of the molecule is CCNC(Cc1cc(Br)cs1)c1cc(F)cc(F)c1. The number of likely N-dealkylation sites (N-methyl/N-ethyl adjacent to an activating group) is 1. The lowest BCUT2D eigenvalue weighted by atomic mass is 10.0. The van der Waals surface area contributed by atoms with Crippen molar-refractivity contribution in [3.63, 3.8) is 0 Å². The summed E-state index contributed by atoms with van der Waals surface area (Å²) in [7, 11) is 0. The maximum absolute atomic E-state index is 13.3. The molecule has 0 spiro atoms. The average molecular weight is 346 g/mol. The Balaban J connectivity index is 2.23. The zero-order valence-electron chi connectivity index (χ0n) is 10.4. The van der Waals surface area contributed by atoms with Crippen molar-refractivity contribution in [2.24, 2.45) is 0 Å². The van der Waals surface area contributed by atoms with Gasteiger partial charge in [0.2, 0.25) is 0 Å². The molecule has 0 saturated carbocycles. The van der Waals surface area contributed by atoms with E-state index in [0.717, 1.165) is 17.1 Å². The molecule has 1 aromatic carbocycles.